The summed E-state index contributed by atoms with van der Waals surface area (Å²) in [6.45, 7) is 0.459. The molecule has 1 atom stereocenters. The molecule has 2 rings (SSSR count). The molecule has 122 valence electrons. The highest BCUT2D eigenvalue weighted by atomic mass is 32.2. The van der Waals surface area contributed by atoms with Gasteiger partial charge < -0.3 is 15.7 Å². The van der Waals surface area contributed by atoms with Crippen LogP contribution in [0, 0.1) is 0 Å². The first-order valence-corrected chi connectivity index (χ1v) is 8.69. The zero-order valence-corrected chi connectivity index (χ0v) is 13.5. The molecule has 0 aliphatic rings. The molecule has 2 aromatic rings. The van der Waals surface area contributed by atoms with E-state index in [9.17, 15) is 9.00 Å². The molecule has 0 spiro atoms. The number of hydrogen-bond acceptors (Lipinski definition) is 3. The fourth-order valence-corrected chi connectivity index (χ4v) is 3.11. The Kier molecular flexibility index (Phi) is 6.77. The predicted molar refractivity (Wildman–Crippen MR) is 91.7 cm³/mol. The molecule has 0 unspecified atom stereocenters. The summed E-state index contributed by atoms with van der Waals surface area (Å²) < 4.78 is 12.3. The van der Waals surface area contributed by atoms with Crippen molar-refractivity contribution in [3.63, 3.8) is 0 Å². The van der Waals surface area contributed by atoms with E-state index < -0.39 is 10.8 Å². The second kappa shape index (κ2) is 9.07. The monoisotopic (exact) mass is 332 g/mol. The Hall–Kier alpha value is -2.18. The standard InChI is InChI=1S/C17H20N2O3S/c20-11-5-10-18-17(21)19-15-7-4-6-14(12-15)13-23(22)16-8-2-1-3-9-16/h1-4,6-9,12,20H,5,10-11,13H2,(H2,18,19,21)/t23-/m0/s1. The van der Waals surface area contributed by atoms with Crippen molar-refractivity contribution < 1.29 is 14.1 Å². The van der Waals surface area contributed by atoms with Crippen LogP contribution < -0.4 is 10.6 Å². The minimum atomic E-state index is -1.12. The van der Waals surface area contributed by atoms with Crippen LogP contribution in [0.5, 0.6) is 0 Å². The van der Waals surface area contributed by atoms with Crippen molar-refractivity contribution in [2.45, 2.75) is 17.1 Å². The van der Waals surface area contributed by atoms with E-state index in [0.29, 0.717) is 24.4 Å². The molecule has 0 radical (unpaired) electrons. The first-order chi connectivity index (χ1) is 11.2. The first kappa shape index (κ1) is 17.2. The Bertz CT molecular complexity index is 662. The summed E-state index contributed by atoms with van der Waals surface area (Å²) >= 11 is 0. The summed E-state index contributed by atoms with van der Waals surface area (Å²) in [7, 11) is -1.12. The fourth-order valence-electron chi connectivity index (χ4n) is 2.00. The maximum absolute atomic E-state index is 12.3. The minimum Gasteiger partial charge on any atom is -0.396 e. The summed E-state index contributed by atoms with van der Waals surface area (Å²) in [5.41, 5.74) is 1.54. The lowest BCUT2D eigenvalue weighted by Crippen LogP contribution is -2.29. The molecule has 0 saturated heterocycles. The van der Waals surface area contributed by atoms with E-state index in [2.05, 4.69) is 10.6 Å². The molecule has 0 saturated carbocycles. The highest BCUT2D eigenvalue weighted by Crippen LogP contribution is 2.15. The summed E-state index contributed by atoms with van der Waals surface area (Å²) in [4.78, 5) is 12.5. The second-order valence-corrected chi connectivity index (χ2v) is 6.41. The number of carbonyl (C=O) groups is 1. The zero-order valence-electron chi connectivity index (χ0n) is 12.7. The topological polar surface area (TPSA) is 78.4 Å². The molecule has 0 fully saturated rings. The fraction of sp³-hybridized carbons (Fsp3) is 0.235. The number of nitrogens with one attached hydrogen (secondary N) is 2. The van der Waals surface area contributed by atoms with Gasteiger partial charge in [-0.05, 0) is 36.2 Å². The lowest BCUT2D eigenvalue weighted by molar-refractivity contribution is 0.249. The number of amides is 2. The van der Waals surface area contributed by atoms with Crippen LogP contribution in [0.1, 0.15) is 12.0 Å². The predicted octanol–water partition coefficient (Wildman–Crippen LogP) is 2.50. The smallest absolute Gasteiger partial charge is 0.319 e. The minimum absolute atomic E-state index is 0.0427. The number of hydrogen-bond donors (Lipinski definition) is 3. The van der Waals surface area contributed by atoms with Gasteiger partial charge in [-0.1, -0.05) is 30.3 Å². The summed E-state index contributed by atoms with van der Waals surface area (Å²) in [5.74, 6) is 0.395. The Labute approximate surface area is 138 Å². The molecule has 0 bridgehead atoms. The molecule has 2 aromatic carbocycles. The number of anilines is 1. The number of rotatable bonds is 7. The van der Waals surface area contributed by atoms with Crippen LogP contribution in [0.3, 0.4) is 0 Å². The summed E-state index contributed by atoms with van der Waals surface area (Å²) in [5, 5.41) is 14.1. The van der Waals surface area contributed by atoms with Crippen LogP contribution in [-0.2, 0) is 16.6 Å². The van der Waals surface area contributed by atoms with E-state index in [1.807, 2.05) is 48.5 Å². The zero-order chi connectivity index (χ0) is 16.5. The van der Waals surface area contributed by atoms with E-state index in [1.165, 1.54) is 0 Å². The highest BCUT2D eigenvalue weighted by Gasteiger charge is 2.06. The average molecular weight is 332 g/mol. The van der Waals surface area contributed by atoms with Crippen molar-refractivity contribution in [2.24, 2.45) is 0 Å². The maximum atomic E-state index is 12.3. The van der Waals surface area contributed by atoms with Gasteiger partial charge >= 0.3 is 6.03 Å². The van der Waals surface area contributed by atoms with Gasteiger partial charge in [-0.2, -0.15) is 0 Å². The molecule has 23 heavy (non-hydrogen) atoms. The van der Waals surface area contributed by atoms with Gasteiger partial charge in [0.15, 0.2) is 0 Å². The number of carbonyl (C=O) groups excluding carboxylic acids is 1. The number of benzene rings is 2. The van der Waals surface area contributed by atoms with Crippen molar-refractivity contribution in [1.29, 1.82) is 0 Å². The summed E-state index contributed by atoms with van der Waals surface area (Å²) in [6.07, 6.45) is 0.517. The molecule has 3 N–H and O–H groups in total. The number of aliphatic hydroxyl groups excluding tert-OH is 1. The van der Waals surface area contributed by atoms with E-state index in [0.717, 1.165) is 10.5 Å². The van der Waals surface area contributed by atoms with Crippen molar-refractivity contribution in [3.8, 4) is 0 Å². The molecule has 0 aromatic heterocycles. The second-order valence-electron chi connectivity index (χ2n) is 4.96. The third kappa shape index (κ3) is 5.84. The Balaban J connectivity index is 1.94. The van der Waals surface area contributed by atoms with Crippen LogP contribution >= 0.6 is 0 Å². The molecular formula is C17H20N2O3S. The van der Waals surface area contributed by atoms with E-state index >= 15 is 0 Å². The van der Waals surface area contributed by atoms with E-state index in [1.54, 1.807) is 6.07 Å². The van der Waals surface area contributed by atoms with E-state index in [-0.39, 0.29) is 12.6 Å². The van der Waals surface area contributed by atoms with Crippen LogP contribution in [0.15, 0.2) is 59.5 Å². The average Bonchev–Trinajstić information content (AvgIpc) is 2.56. The highest BCUT2D eigenvalue weighted by molar-refractivity contribution is 7.84. The van der Waals surface area contributed by atoms with Crippen LogP contribution in [0.4, 0.5) is 10.5 Å². The van der Waals surface area contributed by atoms with Gasteiger partial charge in [0.2, 0.25) is 0 Å². The normalized spacial score (nSPS) is 11.7. The Morgan fingerprint density at radius 1 is 1.09 bits per heavy atom. The van der Waals surface area contributed by atoms with Crippen molar-refractivity contribution in [2.75, 3.05) is 18.5 Å². The van der Waals surface area contributed by atoms with Gasteiger partial charge in [0.1, 0.15) is 0 Å². The van der Waals surface area contributed by atoms with Crippen LogP contribution in [0.25, 0.3) is 0 Å². The summed E-state index contributed by atoms with van der Waals surface area (Å²) in [6, 6.07) is 16.3. The SMILES string of the molecule is O=C(NCCCO)Nc1cccc(C[S@](=O)c2ccccc2)c1. The Morgan fingerprint density at radius 3 is 2.61 bits per heavy atom. The van der Waals surface area contributed by atoms with Crippen LogP contribution in [0.2, 0.25) is 0 Å². The quantitative estimate of drug-likeness (QED) is 0.682. The molecular weight excluding hydrogens is 312 g/mol. The third-order valence-electron chi connectivity index (χ3n) is 3.11. The lowest BCUT2D eigenvalue weighted by Gasteiger charge is -2.09. The molecule has 2 amide bonds. The van der Waals surface area contributed by atoms with Gasteiger partial charge in [-0.25, -0.2) is 4.79 Å². The van der Waals surface area contributed by atoms with Crippen molar-refractivity contribution in [1.82, 2.24) is 5.32 Å². The molecule has 0 heterocycles. The van der Waals surface area contributed by atoms with E-state index in [4.69, 9.17) is 5.11 Å². The third-order valence-corrected chi connectivity index (χ3v) is 4.50. The molecule has 5 nitrogen and oxygen atoms in total. The van der Waals surface area contributed by atoms with Crippen molar-refractivity contribution >= 4 is 22.5 Å². The van der Waals surface area contributed by atoms with Gasteiger partial charge in [-0.15, -0.1) is 0 Å². The molecule has 6 heteroatoms. The Morgan fingerprint density at radius 2 is 1.87 bits per heavy atom. The lowest BCUT2D eigenvalue weighted by atomic mass is 10.2. The van der Waals surface area contributed by atoms with Gasteiger partial charge in [0, 0.05) is 23.7 Å². The maximum Gasteiger partial charge on any atom is 0.319 e. The van der Waals surface area contributed by atoms with Crippen molar-refractivity contribution in [3.05, 3.63) is 60.2 Å². The first-order valence-electron chi connectivity index (χ1n) is 7.37. The number of urea groups is 1. The van der Waals surface area contributed by atoms with Gasteiger partial charge in [0.25, 0.3) is 0 Å². The van der Waals surface area contributed by atoms with Gasteiger partial charge in [0.05, 0.1) is 16.6 Å². The molecule has 0 aliphatic carbocycles. The van der Waals surface area contributed by atoms with Crippen LogP contribution in [-0.4, -0.2) is 28.5 Å². The molecule has 0 aliphatic heterocycles. The largest absolute Gasteiger partial charge is 0.396 e. The van der Waals surface area contributed by atoms with Gasteiger partial charge in [-0.3, -0.25) is 4.21 Å². The number of aliphatic hydroxyl groups is 1.